The van der Waals surface area contributed by atoms with Gasteiger partial charge in [-0.15, -0.1) is 0 Å². The molecule has 2 saturated carbocycles. The second-order valence-electron chi connectivity index (χ2n) is 7.20. The number of urea groups is 1. The van der Waals surface area contributed by atoms with E-state index in [-0.39, 0.29) is 18.2 Å². The summed E-state index contributed by atoms with van der Waals surface area (Å²) in [5.41, 5.74) is 0. The third-order valence-corrected chi connectivity index (χ3v) is 5.77. The van der Waals surface area contributed by atoms with Gasteiger partial charge in [0.1, 0.15) is 0 Å². The zero-order chi connectivity index (χ0) is 14.7. The van der Waals surface area contributed by atoms with Gasteiger partial charge in [0.2, 0.25) is 0 Å². The summed E-state index contributed by atoms with van der Waals surface area (Å²) >= 11 is 0. The van der Waals surface area contributed by atoms with E-state index < -0.39 is 0 Å². The minimum absolute atomic E-state index is 0.127. The molecule has 3 fully saturated rings. The molecule has 2 aliphatic carbocycles. The fraction of sp³-hybridized carbons (Fsp3) is 0.941. The highest BCUT2D eigenvalue weighted by Crippen LogP contribution is 2.34. The summed E-state index contributed by atoms with van der Waals surface area (Å²) in [5.74, 6) is 0.304. The third kappa shape index (κ3) is 3.53. The van der Waals surface area contributed by atoms with Crippen LogP contribution >= 0.6 is 0 Å². The van der Waals surface area contributed by atoms with E-state index in [1.54, 1.807) is 0 Å². The SMILES string of the molecule is O=C(NC1CCCCC1)N1CCCC1C1CCCCC1O. The van der Waals surface area contributed by atoms with Gasteiger partial charge >= 0.3 is 6.03 Å². The number of carbonyl (C=O) groups excluding carboxylic acids is 1. The van der Waals surface area contributed by atoms with Crippen LogP contribution in [0.4, 0.5) is 4.79 Å². The number of hydrogen-bond acceptors (Lipinski definition) is 2. The molecule has 3 atom stereocenters. The van der Waals surface area contributed by atoms with E-state index in [1.807, 2.05) is 4.90 Å². The largest absolute Gasteiger partial charge is 0.393 e. The summed E-state index contributed by atoms with van der Waals surface area (Å²) in [7, 11) is 0. The quantitative estimate of drug-likeness (QED) is 0.822. The van der Waals surface area contributed by atoms with Gasteiger partial charge in [-0.1, -0.05) is 32.1 Å². The minimum atomic E-state index is -0.202. The molecule has 0 spiro atoms. The number of carbonyl (C=O) groups is 1. The lowest BCUT2D eigenvalue weighted by molar-refractivity contribution is 0.0303. The molecule has 0 aromatic rings. The van der Waals surface area contributed by atoms with Crippen molar-refractivity contribution in [3.63, 3.8) is 0 Å². The molecule has 2 N–H and O–H groups in total. The molecule has 0 radical (unpaired) electrons. The van der Waals surface area contributed by atoms with Crippen molar-refractivity contribution < 1.29 is 9.90 Å². The van der Waals surface area contributed by atoms with E-state index in [0.717, 1.165) is 51.5 Å². The first-order valence-corrected chi connectivity index (χ1v) is 9.01. The molecular weight excluding hydrogens is 264 g/mol. The smallest absolute Gasteiger partial charge is 0.317 e. The highest BCUT2D eigenvalue weighted by Gasteiger charge is 2.39. The summed E-state index contributed by atoms with van der Waals surface area (Å²) in [4.78, 5) is 14.6. The highest BCUT2D eigenvalue weighted by atomic mass is 16.3. The summed E-state index contributed by atoms with van der Waals surface area (Å²) in [6.45, 7) is 0.867. The van der Waals surface area contributed by atoms with Crippen LogP contribution in [0.3, 0.4) is 0 Å². The molecular formula is C17H30N2O2. The number of amides is 2. The van der Waals surface area contributed by atoms with E-state index in [4.69, 9.17) is 0 Å². The first-order valence-electron chi connectivity index (χ1n) is 9.01. The van der Waals surface area contributed by atoms with Crippen LogP contribution in [-0.2, 0) is 0 Å². The molecule has 21 heavy (non-hydrogen) atoms. The van der Waals surface area contributed by atoms with Gasteiger partial charge in [-0.2, -0.15) is 0 Å². The Morgan fingerprint density at radius 1 is 0.905 bits per heavy atom. The van der Waals surface area contributed by atoms with Crippen LogP contribution < -0.4 is 5.32 Å². The van der Waals surface area contributed by atoms with Crippen LogP contribution in [0.25, 0.3) is 0 Å². The molecule has 4 heteroatoms. The number of rotatable bonds is 2. The molecule has 4 nitrogen and oxygen atoms in total. The Hall–Kier alpha value is -0.770. The normalized spacial score (nSPS) is 34.9. The summed E-state index contributed by atoms with van der Waals surface area (Å²) in [5, 5.41) is 13.5. The van der Waals surface area contributed by atoms with Gasteiger partial charge < -0.3 is 15.3 Å². The van der Waals surface area contributed by atoms with Gasteiger partial charge in [-0.25, -0.2) is 4.79 Å². The van der Waals surface area contributed by atoms with Gasteiger partial charge in [-0.05, 0) is 38.5 Å². The topological polar surface area (TPSA) is 52.6 Å². The van der Waals surface area contributed by atoms with Crippen molar-refractivity contribution >= 4 is 6.03 Å². The fourth-order valence-electron chi connectivity index (χ4n) is 4.58. The molecule has 0 aromatic heterocycles. The van der Waals surface area contributed by atoms with Gasteiger partial charge in [0.15, 0.2) is 0 Å². The predicted octanol–water partition coefficient (Wildman–Crippen LogP) is 3.04. The van der Waals surface area contributed by atoms with Crippen LogP contribution in [0.1, 0.15) is 70.6 Å². The monoisotopic (exact) mass is 294 g/mol. The molecule has 3 unspecified atom stereocenters. The lowest BCUT2D eigenvalue weighted by Gasteiger charge is -2.38. The van der Waals surface area contributed by atoms with E-state index >= 15 is 0 Å². The van der Waals surface area contributed by atoms with E-state index in [9.17, 15) is 9.90 Å². The van der Waals surface area contributed by atoms with Gasteiger partial charge in [0.05, 0.1) is 6.10 Å². The lowest BCUT2D eigenvalue weighted by Crippen LogP contribution is -2.51. The molecule has 120 valence electrons. The van der Waals surface area contributed by atoms with Crippen molar-refractivity contribution in [2.75, 3.05) is 6.54 Å². The Bertz CT molecular complexity index is 355. The lowest BCUT2D eigenvalue weighted by atomic mass is 9.80. The highest BCUT2D eigenvalue weighted by molar-refractivity contribution is 5.75. The number of likely N-dealkylation sites (tertiary alicyclic amines) is 1. The van der Waals surface area contributed by atoms with Gasteiger partial charge in [-0.3, -0.25) is 0 Å². The Morgan fingerprint density at radius 3 is 2.38 bits per heavy atom. The second-order valence-corrected chi connectivity index (χ2v) is 7.20. The molecule has 1 heterocycles. The maximum atomic E-state index is 12.6. The van der Waals surface area contributed by atoms with Crippen molar-refractivity contribution in [1.82, 2.24) is 10.2 Å². The Balaban J connectivity index is 1.58. The third-order valence-electron chi connectivity index (χ3n) is 5.77. The van der Waals surface area contributed by atoms with Crippen molar-refractivity contribution in [2.24, 2.45) is 5.92 Å². The first kappa shape index (κ1) is 15.1. The van der Waals surface area contributed by atoms with Crippen molar-refractivity contribution in [1.29, 1.82) is 0 Å². The average Bonchev–Trinajstić information content (AvgIpc) is 2.98. The molecule has 3 rings (SSSR count). The molecule has 1 aliphatic heterocycles. The van der Waals surface area contributed by atoms with E-state index in [2.05, 4.69) is 5.32 Å². The van der Waals surface area contributed by atoms with Crippen LogP contribution in [0, 0.1) is 5.92 Å². The maximum absolute atomic E-state index is 12.6. The average molecular weight is 294 g/mol. The second kappa shape index (κ2) is 6.99. The maximum Gasteiger partial charge on any atom is 0.317 e. The molecule has 0 bridgehead atoms. The van der Waals surface area contributed by atoms with Gasteiger partial charge in [0, 0.05) is 24.5 Å². The standard InChI is InChI=1S/C17H30N2O2/c20-16-11-5-4-9-14(16)15-10-6-12-19(15)17(21)18-13-7-2-1-3-8-13/h13-16,20H,1-12H2,(H,18,21). The molecule has 0 aromatic carbocycles. The van der Waals surface area contributed by atoms with Crippen molar-refractivity contribution in [3.05, 3.63) is 0 Å². The summed E-state index contributed by atoms with van der Waals surface area (Å²) < 4.78 is 0. The van der Waals surface area contributed by atoms with Crippen LogP contribution in [0.15, 0.2) is 0 Å². The van der Waals surface area contributed by atoms with Crippen molar-refractivity contribution in [3.8, 4) is 0 Å². The van der Waals surface area contributed by atoms with Crippen molar-refractivity contribution in [2.45, 2.75) is 88.8 Å². The van der Waals surface area contributed by atoms with Crippen LogP contribution in [0.5, 0.6) is 0 Å². The zero-order valence-corrected chi connectivity index (χ0v) is 13.1. The minimum Gasteiger partial charge on any atom is -0.393 e. The fourth-order valence-corrected chi connectivity index (χ4v) is 4.58. The Morgan fingerprint density at radius 2 is 1.62 bits per heavy atom. The molecule has 2 amide bonds. The van der Waals surface area contributed by atoms with Crippen LogP contribution in [0.2, 0.25) is 0 Å². The van der Waals surface area contributed by atoms with E-state index in [0.29, 0.717) is 12.0 Å². The summed E-state index contributed by atoms with van der Waals surface area (Å²) in [6, 6.07) is 0.773. The van der Waals surface area contributed by atoms with Crippen LogP contribution in [-0.4, -0.2) is 40.8 Å². The number of aliphatic hydroxyl groups excluding tert-OH is 1. The predicted molar refractivity (Wildman–Crippen MR) is 83.1 cm³/mol. The van der Waals surface area contributed by atoms with Gasteiger partial charge in [0.25, 0.3) is 0 Å². The Kier molecular flexibility index (Phi) is 5.04. The summed E-state index contributed by atoms with van der Waals surface area (Å²) in [6.07, 6.45) is 12.4. The number of nitrogens with zero attached hydrogens (tertiary/aromatic N) is 1. The van der Waals surface area contributed by atoms with E-state index in [1.165, 1.54) is 25.7 Å². The number of aliphatic hydroxyl groups is 1. The first-order chi connectivity index (χ1) is 10.3. The number of nitrogens with one attached hydrogen (secondary N) is 1. The Labute approximate surface area is 128 Å². The molecule has 3 aliphatic rings. The zero-order valence-electron chi connectivity index (χ0n) is 13.1. The molecule has 1 saturated heterocycles. The number of hydrogen-bond donors (Lipinski definition) is 2.